The van der Waals surface area contributed by atoms with Gasteiger partial charge in [0.25, 0.3) is 0 Å². The monoisotopic (exact) mass is 255 g/mol. The molecule has 0 aliphatic carbocycles. The van der Waals surface area contributed by atoms with Crippen LogP contribution in [-0.2, 0) is 0 Å². The first-order valence-electron chi connectivity index (χ1n) is 7.57. The Hall–Kier alpha value is -0.160. The summed E-state index contributed by atoms with van der Waals surface area (Å²) in [5.41, 5.74) is 0. The van der Waals surface area contributed by atoms with Crippen molar-refractivity contribution in [2.24, 2.45) is 5.92 Å². The van der Waals surface area contributed by atoms with E-state index in [-0.39, 0.29) is 6.10 Å². The normalized spacial score (nSPS) is 27.0. The van der Waals surface area contributed by atoms with Crippen LogP contribution in [0.3, 0.4) is 0 Å². The van der Waals surface area contributed by atoms with Crippen molar-refractivity contribution in [1.29, 1.82) is 0 Å². The number of aliphatic hydroxyl groups is 1. The molecular weight excluding hydrogens is 226 g/mol. The third-order valence-corrected chi connectivity index (χ3v) is 4.25. The highest BCUT2D eigenvalue weighted by Gasteiger charge is 2.20. The van der Waals surface area contributed by atoms with Gasteiger partial charge in [-0.15, -0.1) is 0 Å². The minimum absolute atomic E-state index is 0.184. The van der Waals surface area contributed by atoms with E-state index in [1.807, 2.05) is 0 Å². The molecule has 0 bridgehead atoms. The van der Waals surface area contributed by atoms with Crippen molar-refractivity contribution in [3.8, 4) is 0 Å². The zero-order chi connectivity index (χ0) is 12.8. The fourth-order valence-electron chi connectivity index (χ4n) is 2.98. The first kappa shape index (κ1) is 14.3. The lowest BCUT2D eigenvalue weighted by atomic mass is 9.99. The van der Waals surface area contributed by atoms with E-state index in [9.17, 15) is 5.11 Å². The molecule has 0 unspecified atom stereocenters. The molecular formula is C14H29N3O. The minimum Gasteiger partial charge on any atom is -0.390 e. The fourth-order valence-corrected chi connectivity index (χ4v) is 2.98. The lowest BCUT2D eigenvalue weighted by Gasteiger charge is -2.33. The van der Waals surface area contributed by atoms with E-state index in [4.69, 9.17) is 0 Å². The van der Waals surface area contributed by atoms with Crippen molar-refractivity contribution in [3.05, 3.63) is 0 Å². The summed E-state index contributed by atoms with van der Waals surface area (Å²) in [4.78, 5) is 4.83. The number of nitrogens with one attached hydrogen (secondary N) is 1. The molecule has 0 spiro atoms. The van der Waals surface area contributed by atoms with Crippen LogP contribution in [0.2, 0.25) is 0 Å². The Morgan fingerprint density at radius 2 is 1.72 bits per heavy atom. The molecule has 1 atom stereocenters. The Balaban J connectivity index is 1.66. The Kier molecular flexibility index (Phi) is 5.89. The van der Waals surface area contributed by atoms with Gasteiger partial charge in [-0.3, -0.25) is 4.90 Å². The summed E-state index contributed by atoms with van der Waals surface area (Å²) >= 11 is 0. The standard InChI is InChI=1S/C14H29N3O/c1-13-3-8-17(9-4-13)12-14(18)11-16-7-2-5-15-6-10-16/h13-15,18H,2-12H2,1H3/t14-/m0/s1. The molecule has 2 rings (SSSR count). The van der Waals surface area contributed by atoms with E-state index in [0.717, 1.165) is 45.2 Å². The van der Waals surface area contributed by atoms with Crippen molar-refractivity contribution >= 4 is 0 Å². The van der Waals surface area contributed by atoms with Gasteiger partial charge in [-0.25, -0.2) is 0 Å². The maximum atomic E-state index is 10.2. The van der Waals surface area contributed by atoms with Gasteiger partial charge in [0, 0.05) is 26.2 Å². The van der Waals surface area contributed by atoms with Crippen LogP contribution in [0, 0.1) is 5.92 Å². The summed E-state index contributed by atoms with van der Waals surface area (Å²) < 4.78 is 0. The predicted molar refractivity (Wildman–Crippen MR) is 74.8 cm³/mol. The number of likely N-dealkylation sites (tertiary alicyclic amines) is 1. The number of β-amino-alcohol motifs (C(OH)–C–C–N with tert-alkyl or cyclic N) is 1. The quantitative estimate of drug-likeness (QED) is 0.761. The summed E-state index contributed by atoms with van der Waals surface area (Å²) in [7, 11) is 0. The maximum absolute atomic E-state index is 10.2. The molecule has 4 heteroatoms. The molecule has 0 radical (unpaired) electrons. The predicted octanol–water partition coefficient (Wildman–Crippen LogP) is 0.375. The molecule has 2 fully saturated rings. The lowest BCUT2D eigenvalue weighted by molar-refractivity contribution is 0.0630. The van der Waals surface area contributed by atoms with Crippen LogP contribution in [0.5, 0.6) is 0 Å². The highest BCUT2D eigenvalue weighted by atomic mass is 16.3. The Morgan fingerprint density at radius 1 is 1.06 bits per heavy atom. The first-order chi connectivity index (χ1) is 8.74. The van der Waals surface area contributed by atoms with Crippen LogP contribution >= 0.6 is 0 Å². The SMILES string of the molecule is CC1CCN(C[C@@H](O)CN2CCCNCC2)CC1. The fraction of sp³-hybridized carbons (Fsp3) is 1.00. The molecule has 2 aliphatic heterocycles. The van der Waals surface area contributed by atoms with Crippen LogP contribution in [0.1, 0.15) is 26.2 Å². The van der Waals surface area contributed by atoms with E-state index < -0.39 is 0 Å². The van der Waals surface area contributed by atoms with Crippen LogP contribution in [0.4, 0.5) is 0 Å². The zero-order valence-corrected chi connectivity index (χ0v) is 11.8. The van der Waals surface area contributed by atoms with Crippen molar-refractivity contribution < 1.29 is 5.11 Å². The highest BCUT2D eigenvalue weighted by Crippen LogP contribution is 2.16. The first-order valence-corrected chi connectivity index (χ1v) is 7.57. The van der Waals surface area contributed by atoms with Crippen molar-refractivity contribution in [1.82, 2.24) is 15.1 Å². The molecule has 2 N–H and O–H groups in total. The van der Waals surface area contributed by atoms with E-state index >= 15 is 0 Å². The largest absolute Gasteiger partial charge is 0.390 e. The van der Waals surface area contributed by atoms with Crippen molar-refractivity contribution in [3.63, 3.8) is 0 Å². The number of piperidine rings is 1. The van der Waals surface area contributed by atoms with E-state index in [1.54, 1.807) is 0 Å². The van der Waals surface area contributed by atoms with Gasteiger partial charge in [0.2, 0.25) is 0 Å². The van der Waals surface area contributed by atoms with Gasteiger partial charge in [-0.1, -0.05) is 6.92 Å². The molecule has 2 aliphatic rings. The van der Waals surface area contributed by atoms with Crippen LogP contribution < -0.4 is 5.32 Å². The summed E-state index contributed by atoms with van der Waals surface area (Å²) in [6.07, 6.45) is 3.60. The second-order valence-corrected chi connectivity index (χ2v) is 6.04. The van der Waals surface area contributed by atoms with Crippen molar-refractivity contribution in [2.45, 2.75) is 32.3 Å². The number of hydrogen-bond donors (Lipinski definition) is 2. The minimum atomic E-state index is -0.184. The smallest absolute Gasteiger partial charge is 0.0793 e. The van der Waals surface area contributed by atoms with Gasteiger partial charge < -0.3 is 15.3 Å². The summed E-state index contributed by atoms with van der Waals surface area (Å²) in [5, 5.41) is 13.6. The zero-order valence-electron chi connectivity index (χ0n) is 11.8. The van der Waals surface area contributed by atoms with E-state index in [2.05, 4.69) is 22.0 Å². The van der Waals surface area contributed by atoms with Gasteiger partial charge in [-0.05, 0) is 51.4 Å². The van der Waals surface area contributed by atoms with Crippen molar-refractivity contribution in [2.75, 3.05) is 52.4 Å². The summed E-state index contributed by atoms with van der Waals surface area (Å²) in [6.45, 7) is 10.8. The molecule has 0 amide bonds. The molecule has 0 aromatic heterocycles. The average molecular weight is 255 g/mol. The molecule has 0 aromatic carbocycles. The molecule has 2 heterocycles. The van der Waals surface area contributed by atoms with Gasteiger partial charge in [0.1, 0.15) is 0 Å². The van der Waals surface area contributed by atoms with Crippen LogP contribution in [0.15, 0.2) is 0 Å². The van der Waals surface area contributed by atoms with E-state index in [0.29, 0.717) is 0 Å². The van der Waals surface area contributed by atoms with Gasteiger partial charge in [-0.2, -0.15) is 0 Å². The topological polar surface area (TPSA) is 38.7 Å². The van der Waals surface area contributed by atoms with Gasteiger partial charge in [0.15, 0.2) is 0 Å². The summed E-state index contributed by atoms with van der Waals surface area (Å²) in [5.74, 6) is 0.870. The molecule has 106 valence electrons. The molecule has 18 heavy (non-hydrogen) atoms. The second kappa shape index (κ2) is 7.43. The third-order valence-electron chi connectivity index (χ3n) is 4.25. The highest BCUT2D eigenvalue weighted by molar-refractivity contribution is 4.75. The molecule has 2 saturated heterocycles. The summed E-state index contributed by atoms with van der Waals surface area (Å²) in [6, 6.07) is 0. The van der Waals surface area contributed by atoms with Gasteiger partial charge in [0.05, 0.1) is 6.10 Å². The third kappa shape index (κ3) is 4.84. The van der Waals surface area contributed by atoms with Crippen LogP contribution in [-0.4, -0.2) is 73.4 Å². The van der Waals surface area contributed by atoms with Gasteiger partial charge >= 0.3 is 0 Å². The second-order valence-electron chi connectivity index (χ2n) is 6.04. The Morgan fingerprint density at radius 3 is 2.44 bits per heavy atom. The number of rotatable bonds is 4. The lowest BCUT2D eigenvalue weighted by Crippen LogP contribution is -2.43. The average Bonchev–Trinajstić information content (AvgIpc) is 2.61. The molecule has 0 saturated carbocycles. The number of aliphatic hydroxyl groups excluding tert-OH is 1. The Labute approximate surface area is 111 Å². The Bertz CT molecular complexity index is 221. The van der Waals surface area contributed by atoms with E-state index in [1.165, 1.54) is 32.4 Å². The molecule has 0 aromatic rings. The number of hydrogen-bond acceptors (Lipinski definition) is 4. The van der Waals surface area contributed by atoms with Crippen LogP contribution in [0.25, 0.3) is 0 Å². The molecule has 4 nitrogen and oxygen atoms in total. The maximum Gasteiger partial charge on any atom is 0.0793 e. The number of nitrogens with zero attached hydrogens (tertiary/aromatic N) is 2.